The van der Waals surface area contributed by atoms with Crippen LogP contribution in [0.15, 0.2) is 29.3 Å². The van der Waals surface area contributed by atoms with Crippen LogP contribution >= 0.6 is 11.6 Å². The molecular formula is C13H21ClN4. The molecule has 18 heavy (non-hydrogen) atoms. The molecule has 0 bridgehead atoms. The SMILES string of the molecule is CCCCN=C(NN)NCCc1ccc(Cl)cc1. The number of nitrogens with two attached hydrogens (primary N) is 1. The van der Waals surface area contributed by atoms with Crippen LogP contribution in [0.25, 0.3) is 0 Å². The fourth-order valence-electron chi connectivity index (χ4n) is 1.48. The summed E-state index contributed by atoms with van der Waals surface area (Å²) in [6.07, 6.45) is 3.11. The fourth-order valence-corrected chi connectivity index (χ4v) is 1.60. The number of aliphatic imine (C=N–C) groups is 1. The molecule has 0 heterocycles. The molecule has 0 saturated heterocycles. The normalized spacial score (nSPS) is 11.4. The van der Waals surface area contributed by atoms with Crippen LogP contribution in [-0.4, -0.2) is 19.0 Å². The highest BCUT2D eigenvalue weighted by Gasteiger charge is 1.96. The third-order valence-electron chi connectivity index (χ3n) is 2.54. The van der Waals surface area contributed by atoms with Crippen LogP contribution in [0.5, 0.6) is 0 Å². The maximum absolute atomic E-state index is 5.83. The molecule has 100 valence electrons. The zero-order chi connectivity index (χ0) is 13.2. The Morgan fingerprint density at radius 2 is 2.06 bits per heavy atom. The van der Waals surface area contributed by atoms with Crippen molar-refractivity contribution in [3.8, 4) is 0 Å². The van der Waals surface area contributed by atoms with E-state index < -0.39 is 0 Å². The maximum atomic E-state index is 5.83. The van der Waals surface area contributed by atoms with Crippen LogP contribution in [0, 0.1) is 0 Å². The smallest absolute Gasteiger partial charge is 0.205 e. The van der Waals surface area contributed by atoms with Gasteiger partial charge in [0.2, 0.25) is 5.96 Å². The Bertz CT molecular complexity index is 362. The first kappa shape index (κ1) is 14.8. The molecule has 0 unspecified atom stereocenters. The van der Waals surface area contributed by atoms with E-state index in [2.05, 4.69) is 22.7 Å². The standard InChI is InChI=1S/C13H21ClN4/c1-2-3-9-16-13(18-15)17-10-8-11-4-6-12(14)7-5-11/h4-7H,2-3,8-10,15H2,1H3,(H2,16,17,18). The number of benzene rings is 1. The van der Waals surface area contributed by atoms with E-state index in [-0.39, 0.29) is 0 Å². The van der Waals surface area contributed by atoms with Crippen LogP contribution < -0.4 is 16.6 Å². The molecule has 0 fully saturated rings. The molecule has 0 aliphatic carbocycles. The number of rotatable bonds is 6. The second kappa shape index (κ2) is 8.78. The second-order valence-corrected chi connectivity index (χ2v) is 4.47. The summed E-state index contributed by atoms with van der Waals surface area (Å²) in [5.41, 5.74) is 3.81. The minimum absolute atomic E-state index is 0.650. The van der Waals surface area contributed by atoms with E-state index in [1.165, 1.54) is 5.56 Å². The lowest BCUT2D eigenvalue weighted by molar-refractivity contribution is 0.770. The monoisotopic (exact) mass is 268 g/mol. The van der Waals surface area contributed by atoms with E-state index in [0.29, 0.717) is 5.96 Å². The zero-order valence-electron chi connectivity index (χ0n) is 10.7. The second-order valence-electron chi connectivity index (χ2n) is 4.03. The Hall–Kier alpha value is -1.26. The van der Waals surface area contributed by atoms with E-state index in [1.807, 2.05) is 24.3 Å². The van der Waals surface area contributed by atoms with Crippen molar-refractivity contribution in [1.82, 2.24) is 10.7 Å². The van der Waals surface area contributed by atoms with E-state index in [0.717, 1.165) is 37.4 Å². The van der Waals surface area contributed by atoms with Crippen LogP contribution in [0.2, 0.25) is 5.02 Å². The van der Waals surface area contributed by atoms with Crippen LogP contribution in [0.3, 0.4) is 0 Å². The summed E-state index contributed by atoms with van der Waals surface area (Å²) in [5, 5.41) is 3.93. The van der Waals surface area contributed by atoms with Gasteiger partial charge in [0, 0.05) is 18.1 Å². The first-order chi connectivity index (χ1) is 8.76. The van der Waals surface area contributed by atoms with Gasteiger partial charge in [-0.3, -0.25) is 10.4 Å². The van der Waals surface area contributed by atoms with Gasteiger partial charge in [-0.15, -0.1) is 0 Å². The number of halogens is 1. The van der Waals surface area contributed by atoms with Gasteiger partial charge < -0.3 is 5.32 Å². The van der Waals surface area contributed by atoms with E-state index in [4.69, 9.17) is 17.4 Å². The van der Waals surface area contributed by atoms with E-state index in [1.54, 1.807) is 0 Å². The molecule has 0 aromatic heterocycles. The van der Waals surface area contributed by atoms with Gasteiger partial charge in [0.25, 0.3) is 0 Å². The van der Waals surface area contributed by atoms with E-state index in [9.17, 15) is 0 Å². The molecule has 1 rings (SSSR count). The number of nitrogens with one attached hydrogen (secondary N) is 2. The minimum Gasteiger partial charge on any atom is -0.355 e. The first-order valence-corrected chi connectivity index (χ1v) is 6.63. The third kappa shape index (κ3) is 5.89. The van der Waals surface area contributed by atoms with Gasteiger partial charge in [-0.25, -0.2) is 5.84 Å². The molecule has 5 heteroatoms. The molecule has 0 atom stereocenters. The lowest BCUT2D eigenvalue weighted by Crippen LogP contribution is -2.42. The van der Waals surface area contributed by atoms with Gasteiger partial charge in [-0.2, -0.15) is 0 Å². The number of unbranched alkanes of at least 4 members (excludes halogenated alkanes) is 1. The summed E-state index contributed by atoms with van der Waals surface area (Å²) in [5.74, 6) is 6.04. The van der Waals surface area contributed by atoms with Crippen LogP contribution in [0.4, 0.5) is 0 Å². The summed E-state index contributed by atoms with van der Waals surface area (Å²) in [4.78, 5) is 4.33. The van der Waals surface area contributed by atoms with Crippen molar-refractivity contribution in [1.29, 1.82) is 0 Å². The highest BCUT2D eigenvalue weighted by atomic mass is 35.5. The van der Waals surface area contributed by atoms with Gasteiger partial charge in [0.15, 0.2) is 0 Å². The molecule has 0 aliphatic rings. The summed E-state index contributed by atoms with van der Waals surface area (Å²) in [6.45, 7) is 3.72. The minimum atomic E-state index is 0.650. The zero-order valence-corrected chi connectivity index (χ0v) is 11.5. The van der Waals surface area contributed by atoms with Crippen molar-refractivity contribution in [3.05, 3.63) is 34.9 Å². The molecule has 1 aromatic carbocycles. The molecule has 0 aliphatic heterocycles. The number of hydrazine groups is 1. The molecule has 0 amide bonds. The summed E-state index contributed by atoms with van der Waals surface area (Å²) in [6, 6.07) is 7.84. The van der Waals surface area contributed by atoms with Crippen molar-refractivity contribution in [2.24, 2.45) is 10.8 Å². The third-order valence-corrected chi connectivity index (χ3v) is 2.79. The number of hydrogen-bond donors (Lipinski definition) is 3. The lowest BCUT2D eigenvalue weighted by Gasteiger charge is -2.09. The predicted octanol–water partition coefficient (Wildman–Crippen LogP) is 2.09. The predicted molar refractivity (Wildman–Crippen MR) is 77.7 cm³/mol. The molecular weight excluding hydrogens is 248 g/mol. The Balaban J connectivity index is 2.30. The Morgan fingerprint density at radius 1 is 1.33 bits per heavy atom. The summed E-state index contributed by atoms with van der Waals surface area (Å²) in [7, 11) is 0. The number of nitrogens with zero attached hydrogens (tertiary/aromatic N) is 1. The average Bonchev–Trinajstić information content (AvgIpc) is 2.39. The number of hydrogen-bond acceptors (Lipinski definition) is 2. The fraction of sp³-hybridized carbons (Fsp3) is 0.462. The molecule has 0 spiro atoms. The largest absolute Gasteiger partial charge is 0.355 e. The Morgan fingerprint density at radius 3 is 2.67 bits per heavy atom. The lowest BCUT2D eigenvalue weighted by atomic mass is 10.1. The average molecular weight is 269 g/mol. The van der Waals surface area contributed by atoms with Crippen LogP contribution in [-0.2, 0) is 6.42 Å². The Kier molecular flexibility index (Phi) is 7.22. The van der Waals surface area contributed by atoms with Gasteiger partial charge in [-0.1, -0.05) is 37.1 Å². The number of guanidine groups is 1. The molecule has 0 radical (unpaired) electrons. The molecule has 0 saturated carbocycles. The van der Waals surface area contributed by atoms with Crippen molar-refractivity contribution >= 4 is 17.6 Å². The van der Waals surface area contributed by atoms with Crippen molar-refractivity contribution in [2.45, 2.75) is 26.2 Å². The van der Waals surface area contributed by atoms with Gasteiger partial charge in [-0.05, 0) is 30.5 Å². The summed E-state index contributed by atoms with van der Waals surface area (Å²) < 4.78 is 0. The first-order valence-electron chi connectivity index (χ1n) is 6.25. The van der Waals surface area contributed by atoms with Crippen molar-refractivity contribution < 1.29 is 0 Å². The van der Waals surface area contributed by atoms with Crippen molar-refractivity contribution in [2.75, 3.05) is 13.1 Å². The molecule has 4 nitrogen and oxygen atoms in total. The quantitative estimate of drug-likeness (QED) is 0.243. The topological polar surface area (TPSA) is 62.4 Å². The Labute approximate surface area is 114 Å². The summed E-state index contributed by atoms with van der Waals surface area (Å²) >= 11 is 5.83. The maximum Gasteiger partial charge on any atom is 0.205 e. The molecule has 1 aromatic rings. The van der Waals surface area contributed by atoms with Gasteiger partial charge >= 0.3 is 0 Å². The van der Waals surface area contributed by atoms with Crippen LogP contribution in [0.1, 0.15) is 25.3 Å². The highest BCUT2D eigenvalue weighted by Crippen LogP contribution is 2.09. The van der Waals surface area contributed by atoms with Gasteiger partial charge in [0.1, 0.15) is 0 Å². The highest BCUT2D eigenvalue weighted by molar-refractivity contribution is 6.30. The molecule has 4 N–H and O–H groups in total. The van der Waals surface area contributed by atoms with Crippen molar-refractivity contribution in [3.63, 3.8) is 0 Å². The van der Waals surface area contributed by atoms with E-state index >= 15 is 0 Å². The van der Waals surface area contributed by atoms with Gasteiger partial charge in [0.05, 0.1) is 0 Å².